The topological polar surface area (TPSA) is 67.2 Å². The minimum Gasteiger partial charge on any atom is -0.355 e. The van der Waals surface area contributed by atoms with Gasteiger partial charge in [-0.2, -0.15) is 0 Å². The van der Waals surface area contributed by atoms with Gasteiger partial charge in [-0.1, -0.05) is 80.4 Å². The highest BCUT2D eigenvalue weighted by atomic mass is 15.0. The van der Waals surface area contributed by atoms with E-state index in [1.807, 2.05) is 0 Å². The lowest BCUT2D eigenvalue weighted by atomic mass is 9.90. The van der Waals surface area contributed by atoms with Crippen LogP contribution in [0.5, 0.6) is 0 Å². The Morgan fingerprint density at radius 3 is 1.77 bits per heavy atom. The van der Waals surface area contributed by atoms with Gasteiger partial charge in [-0.25, -0.2) is 9.97 Å². The first-order valence-electron chi connectivity index (χ1n) is 20.1. The molecule has 0 radical (unpaired) electrons. The van der Waals surface area contributed by atoms with E-state index in [0.29, 0.717) is 0 Å². The van der Waals surface area contributed by atoms with Crippen LogP contribution >= 0.6 is 0 Å². The third-order valence-electron chi connectivity index (χ3n) is 12.0. The number of benzene rings is 4. The van der Waals surface area contributed by atoms with Crippen molar-refractivity contribution in [3.05, 3.63) is 144 Å². The number of aromatic nitrogens is 6. The highest BCUT2D eigenvalue weighted by molar-refractivity contribution is 6.28. The molecule has 0 saturated carbocycles. The number of hydrogen-bond donors (Lipinski definition) is 2. The average Bonchev–Trinajstić information content (AvgIpc) is 4.11. The summed E-state index contributed by atoms with van der Waals surface area (Å²) in [4.78, 5) is 17.2. The van der Waals surface area contributed by atoms with Crippen LogP contribution in [-0.2, 0) is 20.5 Å². The number of unbranched alkanes of at least 4 members (excludes halogenated alkanes) is 2. The maximum absolute atomic E-state index is 5.18. The lowest BCUT2D eigenvalue weighted by Gasteiger charge is -2.16. The SMILES string of the molecule is CCCCCc1c2c3ccccc3n(C)c2c(-c2ccc(-c3c4nc(cc5ccc(cc6nc(cc7ccc3[nH]7)C=C6)[nH]5)C=C4)cc2)c2c3ccccc3n(C)c12. The molecular formula is C51H42N6. The average molecular weight is 739 g/mol. The van der Waals surface area contributed by atoms with Gasteiger partial charge in [-0.3, -0.25) is 0 Å². The van der Waals surface area contributed by atoms with Crippen LogP contribution in [0.1, 0.15) is 54.5 Å². The molecule has 9 aromatic rings. The number of nitrogens with one attached hydrogen (secondary N) is 2. The van der Waals surface area contributed by atoms with Crippen LogP contribution in [0.3, 0.4) is 0 Å². The maximum Gasteiger partial charge on any atom is 0.0736 e. The van der Waals surface area contributed by atoms with E-state index in [-0.39, 0.29) is 0 Å². The summed E-state index contributed by atoms with van der Waals surface area (Å²) < 4.78 is 4.89. The van der Waals surface area contributed by atoms with Gasteiger partial charge in [0.2, 0.25) is 0 Å². The fourth-order valence-corrected chi connectivity index (χ4v) is 9.42. The molecule has 6 nitrogen and oxygen atoms in total. The zero-order chi connectivity index (χ0) is 38.2. The summed E-state index contributed by atoms with van der Waals surface area (Å²) in [7, 11) is 4.50. The van der Waals surface area contributed by atoms with Gasteiger partial charge < -0.3 is 19.1 Å². The van der Waals surface area contributed by atoms with Crippen molar-refractivity contribution in [3.63, 3.8) is 0 Å². The monoisotopic (exact) mass is 738 g/mol. The number of H-pyrrole nitrogens is 2. The Morgan fingerprint density at radius 2 is 1.09 bits per heavy atom. The summed E-state index contributed by atoms with van der Waals surface area (Å²) in [5, 5.41) is 5.33. The van der Waals surface area contributed by atoms with Crippen LogP contribution < -0.4 is 0 Å². The van der Waals surface area contributed by atoms with Crippen LogP contribution in [-0.4, -0.2) is 29.1 Å². The zero-order valence-corrected chi connectivity index (χ0v) is 32.4. The summed E-state index contributed by atoms with van der Waals surface area (Å²) in [5.74, 6) is 0. The van der Waals surface area contributed by atoms with E-state index < -0.39 is 0 Å². The Hall–Kier alpha value is -6.92. The highest BCUT2D eigenvalue weighted by Gasteiger charge is 2.25. The molecule has 2 aliphatic heterocycles. The Labute approximate surface area is 330 Å². The first-order valence-corrected chi connectivity index (χ1v) is 20.1. The van der Waals surface area contributed by atoms with Crippen molar-refractivity contribution in [2.24, 2.45) is 14.1 Å². The number of aryl methyl sites for hydroxylation is 3. The molecule has 0 saturated heterocycles. The van der Waals surface area contributed by atoms with Gasteiger partial charge in [0, 0.05) is 79.9 Å². The summed E-state index contributed by atoms with van der Waals surface area (Å²) in [6, 6.07) is 41.8. The number of para-hydroxylation sites is 2. The highest BCUT2D eigenvalue weighted by Crippen LogP contribution is 2.47. The normalized spacial score (nSPS) is 12.6. The van der Waals surface area contributed by atoms with Gasteiger partial charge in [0.15, 0.2) is 0 Å². The smallest absolute Gasteiger partial charge is 0.0736 e. The number of nitrogens with zero attached hydrogens (tertiary/aromatic N) is 4. The van der Waals surface area contributed by atoms with E-state index in [4.69, 9.17) is 9.97 Å². The minimum absolute atomic E-state index is 0.905. The summed E-state index contributed by atoms with van der Waals surface area (Å²) in [5.41, 5.74) is 18.9. The summed E-state index contributed by atoms with van der Waals surface area (Å²) >= 11 is 0. The molecule has 0 atom stereocenters. The predicted molar refractivity (Wildman–Crippen MR) is 241 cm³/mol. The molecule has 2 aliphatic rings. The first-order chi connectivity index (χ1) is 28.0. The largest absolute Gasteiger partial charge is 0.355 e. The van der Waals surface area contributed by atoms with Gasteiger partial charge in [0.1, 0.15) is 0 Å². The lowest BCUT2D eigenvalue weighted by molar-refractivity contribution is 0.720. The number of fused-ring (bicyclic) bond motifs is 14. The molecule has 2 N–H and O–H groups in total. The molecule has 5 aromatic heterocycles. The van der Waals surface area contributed by atoms with Crippen molar-refractivity contribution in [3.8, 4) is 22.3 Å². The van der Waals surface area contributed by atoms with Crippen LogP contribution in [0.15, 0.2) is 115 Å². The van der Waals surface area contributed by atoms with Crippen molar-refractivity contribution in [2.75, 3.05) is 0 Å². The molecule has 0 amide bonds. The van der Waals surface area contributed by atoms with E-state index in [1.165, 1.54) is 79.6 Å². The van der Waals surface area contributed by atoms with Crippen LogP contribution in [0.2, 0.25) is 0 Å². The number of hydrogen-bond acceptors (Lipinski definition) is 2. The Kier molecular flexibility index (Phi) is 7.68. The van der Waals surface area contributed by atoms with Gasteiger partial charge in [0.25, 0.3) is 0 Å². The fourth-order valence-electron chi connectivity index (χ4n) is 9.42. The Bertz CT molecular complexity index is 3320. The quantitative estimate of drug-likeness (QED) is 0.167. The van der Waals surface area contributed by atoms with Crippen molar-refractivity contribution >= 4 is 90.0 Å². The van der Waals surface area contributed by atoms with E-state index >= 15 is 0 Å². The molecule has 57 heavy (non-hydrogen) atoms. The standard InChI is InChI=1S/C51H42N6/c1-4-5-6-13-41-48-39-11-7-9-14-44(39)57(3)51(48)47(49-40-12-8-10-15-45(40)56(2)50(41)49)32-18-16-31(17-19-32)46-42-26-24-37(54-42)29-35-22-20-33(52-35)28-34-21-23-36(53-34)30-38-25-27-43(46)55-38/h7-12,14-30,52,55H,4-6,13H2,1-3H3. The molecule has 0 unspecified atom stereocenters. The second kappa shape index (κ2) is 13.1. The second-order valence-electron chi connectivity index (χ2n) is 15.5. The molecular weight excluding hydrogens is 697 g/mol. The van der Waals surface area contributed by atoms with Crippen molar-refractivity contribution < 1.29 is 0 Å². The number of aromatic amines is 2. The minimum atomic E-state index is 0.905. The summed E-state index contributed by atoms with van der Waals surface area (Å²) in [6.07, 6.45) is 13.0. The van der Waals surface area contributed by atoms with Crippen LogP contribution in [0.4, 0.5) is 0 Å². The molecule has 6 heteroatoms. The van der Waals surface area contributed by atoms with E-state index in [1.54, 1.807) is 0 Å². The Morgan fingerprint density at radius 1 is 0.526 bits per heavy atom. The van der Waals surface area contributed by atoms with Gasteiger partial charge in [-0.15, -0.1) is 0 Å². The van der Waals surface area contributed by atoms with Gasteiger partial charge >= 0.3 is 0 Å². The Balaban J connectivity index is 1.17. The molecule has 8 bridgehead atoms. The first kappa shape index (κ1) is 33.4. The molecule has 4 aromatic carbocycles. The van der Waals surface area contributed by atoms with E-state index in [2.05, 4.69) is 180 Å². The third-order valence-corrected chi connectivity index (χ3v) is 12.0. The lowest BCUT2D eigenvalue weighted by Crippen LogP contribution is -1.98. The van der Waals surface area contributed by atoms with Crippen molar-refractivity contribution in [1.29, 1.82) is 0 Å². The van der Waals surface area contributed by atoms with E-state index in [0.717, 1.165) is 62.4 Å². The molecule has 7 heterocycles. The molecule has 0 aliphatic carbocycles. The van der Waals surface area contributed by atoms with Gasteiger partial charge in [-0.05, 0) is 108 Å². The number of rotatable bonds is 6. The van der Waals surface area contributed by atoms with Crippen LogP contribution in [0.25, 0.3) is 112 Å². The maximum atomic E-state index is 5.18. The fraction of sp³-hybridized carbons (Fsp3) is 0.137. The molecule has 11 rings (SSSR count). The van der Waals surface area contributed by atoms with Gasteiger partial charge in [0.05, 0.1) is 33.8 Å². The summed E-state index contributed by atoms with van der Waals surface area (Å²) in [6.45, 7) is 2.29. The third kappa shape index (κ3) is 5.39. The van der Waals surface area contributed by atoms with Crippen LogP contribution in [0, 0.1) is 0 Å². The molecule has 0 fully saturated rings. The second-order valence-corrected chi connectivity index (χ2v) is 15.5. The van der Waals surface area contributed by atoms with E-state index in [9.17, 15) is 0 Å². The van der Waals surface area contributed by atoms with Crippen molar-refractivity contribution in [1.82, 2.24) is 29.1 Å². The van der Waals surface area contributed by atoms with Crippen molar-refractivity contribution in [2.45, 2.75) is 32.6 Å². The molecule has 0 spiro atoms. The predicted octanol–water partition coefficient (Wildman–Crippen LogP) is 13.0. The zero-order valence-electron chi connectivity index (χ0n) is 32.4. The molecule has 276 valence electrons.